The van der Waals surface area contributed by atoms with Gasteiger partial charge in [0.2, 0.25) is 5.91 Å². The average molecular weight is 378 g/mol. The number of rotatable bonds is 7. The normalized spacial score (nSPS) is 11.5. The molecule has 0 aliphatic carbocycles. The molecule has 3 rings (SSSR count). The molecule has 3 aromatic rings. The Morgan fingerprint density at radius 2 is 1.68 bits per heavy atom. The van der Waals surface area contributed by atoms with Gasteiger partial charge >= 0.3 is 0 Å². The van der Waals surface area contributed by atoms with Gasteiger partial charge in [0.1, 0.15) is 17.5 Å². The van der Waals surface area contributed by atoms with Crippen molar-refractivity contribution >= 4 is 11.6 Å². The Morgan fingerprint density at radius 3 is 2.36 bits per heavy atom. The van der Waals surface area contributed by atoms with Gasteiger partial charge in [0.15, 0.2) is 5.75 Å². The number of pyridine rings is 1. The van der Waals surface area contributed by atoms with Crippen LogP contribution in [0.4, 0.5) is 5.69 Å². The molecule has 28 heavy (non-hydrogen) atoms. The number of amides is 1. The topological polar surface area (TPSA) is 69.6 Å². The maximum Gasteiger partial charge on any atom is 0.293 e. The number of para-hydroxylation sites is 1. The fraction of sp³-hybridized carbons (Fsp3) is 0.182. The molecule has 1 N–H and O–H groups in total. The average Bonchev–Trinajstić information content (AvgIpc) is 2.71. The largest absolute Gasteiger partial charge is 0.488 e. The van der Waals surface area contributed by atoms with E-state index in [1.807, 2.05) is 30.3 Å². The van der Waals surface area contributed by atoms with E-state index in [0.717, 1.165) is 5.75 Å². The molecule has 1 amide bonds. The van der Waals surface area contributed by atoms with Gasteiger partial charge in [-0.2, -0.15) is 0 Å². The van der Waals surface area contributed by atoms with E-state index in [1.165, 1.54) is 4.57 Å². The van der Waals surface area contributed by atoms with Crippen molar-refractivity contribution in [2.75, 3.05) is 11.9 Å². The van der Waals surface area contributed by atoms with Crippen molar-refractivity contribution in [2.45, 2.75) is 19.9 Å². The van der Waals surface area contributed by atoms with E-state index in [0.29, 0.717) is 18.0 Å². The molecular weight excluding hydrogens is 356 g/mol. The molecule has 0 radical (unpaired) electrons. The Hall–Kier alpha value is -3.54. The number of nitrogens with zero attached hydrogens (tertiary/aromatic N) is 1. The molecular formula is C22H22N2O4. The summed E-state index contributed by atoms with van der Waals surface area (Å²) in [6, 6.07) is 19.1. The van der Waals surface area contributed by atoms with Crippen molar-refractivity contribution in [3.8, 4) is 17.2 Å². The fourth-order valence-electron chi connectivity index (χ4n) is 2.66. The summed E-state index contributed by atoms with van der Waals surface area (Å²) in [6.45, 7) is 3.86. The van der Waals surface area contributed by atoms with E-state index in [9.17, 15) is 9.59 Å². The maximum atomic E-state index is 12.6. The summed E-state index contributed by atoms with van der Waals surface area (Å²) < 4.78 is 12.4. The first-order valence-electron chi connectivity index (χ1n) is 9.06. The smallest absolute Gasteiger partial charge is 0.293 e. The third kappa shape index (κ3) is 4.59. The standard InChI is InChI=1S/C22H22N2O4/c1-3-27-20-10-7-15-24(22(20)26)16(2)21(25)23-17-11-13-19(14-12-17)28-18-8-5-4-6-9-18/h4-16H,3H2,1-2H3,(H,23,25). The fourth-order valence-corrected chi connectivity index (χ4v) is 2.66. The molecule has 0 fully saturated rings. The van der Waals surface area contributed by atoms with Crippen LogP contribution in [-0.4, -0.2) is 17.1 Å². The third-order valence-electron chi connectivity index (χ3n) is 4.14. The van der Waals surface area contributed by atoms with Crippen LogP contribution in [0.25, 0.3) is 0 Å². The van der Waals surface area contributed by atoms with E-state index in [1.54, 1.807) is 56.4 Å². The molecule has 0 bridgehead atoms. The Bertz CT molecular complexity index is 981. The van der Waals surface area contributed by atoms with Crippen molar-refractivity contribution in [2.24, 2.45) is 0 Å². The van der Waals surface area contributed by atoms with Gasteiger partial charge in [0, 0.05) is 11.9 Å². The maximum absolute atomic E-state index is 12.6. The summed E-state index contributed by atoms with van der Waals surface area (Å²) in [5.41, 5.74) is 0.282. The lowest BCUT2D eigenvalue weighted by Gasteiger charge is -2.16. The molecule has 6 nitrogen and oxygen atoms in total. The van der Waals surface area contributed by atoms with Gasteiger partial charge in [0.05, 0.1) is 6.61 Å². The highest BCUT2D eigenvalue weighted by atomic mass is 16.5. The van der Waals surface area contributed by atoms with Crippen LogP contribution in [0.3, 0.4) is 0 Å². The van der Waals surface area contributed by atoms with Crippen molar-refractivity contribution in [1.82, 2.24) is 4.57 Å². The minimum absolute atomic E-state index is 0.229. The Balaban J connectivity index is 1.67. The van der Waals surface area contributed by atoms with Crippen LogP contribution < -0.4 is 20.3 Å². The molecule has 0 saturated carbocycles. The van der Waals surface area contributed by atoms with E-state index < -0.39 is 6.04 Å². The molecule has 0 aliphatic rings. The molecule has 0 spiro atoms. The lowest BCUT2D eigenvalue weighted by Crippen LogP contribution is -2.31. The number of hydrogen-bond donors (Lipinski definition) is 1. The summed E-state index contributed by atoms with van der Waals surface area (Å²) in [4.78, 5) is 25.0. The first-order valence-corrected chi connectivity index (χ1v) is 9.06. The van der Waals surface area contributed by atoms with Gasteiger partial charge in [-0.3, -0.25) is 9.59 Å². The van der Waals surface area contributed by atoms with Crippen molar-refractivity contribution in [1.29, 1.82) is 0 Å². The monoisotopic (exact) mass is 378 g/mol. The number of anilines is 1. The van der Waals surface area contributed by atoms with Crippen molar-refractivity contribution < 1.29 is 14.3 Å². The minimum atomic E-state index is -0.687. The van der Waals surface area contributed by atoms with E-state index in [4.69, 9.17) is 9.47 Å². The lowest BCUT2D eigenvalue weighted by atomic mass is 10.2. The quantitative estimate of drug-likeness (QED) is 0.668. The molecule has 1 atom stereocenters. The van der Waals surface area contributed by atoms with Crippen molar-refractivity contribution in [3.05, 3.63) is 83.3 Å². The predicted molar refractivity (Wildman–Crippen MR) is 108 cm³/mol. The van der Waals surface area contributed by atoms with Gasteiger partial charge in [-0.05, 0) is 62.4 Å². The van der Waals surface area contributed by atoms with Crippen molar-refractivity contribution in [3.63, 3.8) is 0 Å². The first-order chi connectivity index (χ1) is 13.6. The van der Waals surface area contributed by atoms with Crippen LogP contribution in [0.15, 0.2) is 77.7 Å². The third-order valence-corrected chi connectivity index (χ3v) is 4.14. The highest BCUT2D eigenvalue weighted by Gasteiger charge is 2.18. The Morgan fingerprint density at radius 1 is 1.00 bits per heavy atom. The number of carbonyl (C=O) groups excluding carboxylic acids is 1. The molecule has 1 heterocycles. The predicted octanol–water partition coefficient (Wildman–Crippen LogP) is 4.24. The second-order valence-electron chi connectivity index (χ2n) is 6.12. The van der Waals surface area contributed by atoms with E-state index >= 15 is 0 Å². The zero-order valence-electron chi connectivity index (χ0n) is 15.8. The van der Waals surface area contributed by atoms with E-state index in [-0.39, 0.29) is 17.2 Å². The van der Waals surface area contributed by atoms with Crippen LogP contribution in [-0.2, 0) is 4.79 Å². The number of nitrogens with one attached hydrogen (secondary N) is 1. The summed E-state index contributed by atoms with van der Waals surface area (Å²) in [7, 11) is 0. The zero-order valence-corrected chi connectivity index (χ0v) is 15.8. The summed E-state index contributed by atoms with van der Waals surface area (Å²) >= 11 is 0. The lowest BCUT2D eigenvalue weighted by molar-refractivity contribution is -0.118. The van der Waals surface area contributed by atoms with Gasteiger partial charge < -0.3 is 19.4 Å². The Labute approximate surface area is 163 Å². The second kappa shape index (κ2) is 8.90. The number of benzene rings is 2. The van der Waals surface area contributed by atoms with Gasteiger partial charge in [-0.25, -0.2) is 0 Å². The molecule has 2 aromatic carbocycles. The van der Waals surface area contributed by atoms with Gasteiger partial charge in [-0.15, -0.1) is 0 Å². The van der Waals surface area contributed by atoms with Crippen LogP contribution in [0.1, 0.15) is 19.9 Å². The summed E-state index contributed by atoms with van der Waals surface area (Å²) in [5.74, 6) is 1.33. The molecule has 144 valence electrons. The van der Waals surface area contributed by atoms with Gasteiger partial charge in [0.25, 0.3) is 5.56 Å². The number of aromatic nitrogens is 1. The highest BCUT2D eigenvalue weighted by molar-refractivity contribution is 5.93. The second-order valence-corrected chi connectivity index (χ2v) is 6.12. The van der Waals surface area contributed by atoms with Crippen LogP contribution >= 0.6 is 0 Å². The summed E-state index contributed by atoms with van der Waals surface area (Å²) in [6.07, 6.45) is 1.58. The SMILES string of the molecule is CCOc1cccn(C(C)C(=O)Nc2ccc(Oc3ccccc3)cc2)c1=O. The van der Waals surface area contributed by atoms with E-state index in [2.05, 4.69) is 5.32 Å². The molecule has 1 unspecified atom stereocenters. The highest BCUT2D eigenvalue weighted by Crippen LogP contribution is 2.23. The van der Waals surface area contributed by atoms with Crippen LogP contribution in [0.2, 0.25) is 0 Å². The molecule has 6 heteroatoms. The Kier molecular flexibility index (Phi) is 6.11. The zero-order chi connectivity index (χ0) is 19.9. The molecule has 1 aromatic heterocycles. The summed E-state index contributed by atoms with van der Waals surface area (Å²) in [5, 5.41) is 2.81. The molecule has 0 aliphatic heterocycles. The van der Waals surface area contributed by atoms with Crippen LogP contribution in [0, 0.1) is 0 Å². The number of carbonyl (C=O) groups is 1. The van der Waals surface area contributed by atoms with Gasteiger partial charge in [-0.1, -0.05) is 18.2 Å². The first kappa shape index (κ1) is 19.2. The van der Waals surface area contributed by atoms with Crippen LogP contribution in [0.5, 0.6) is 17.2 Å². The minimum Gasteiger partial charge on any atom is -0.488 e. The molecule has 0 saturated heterocycles. The number of hydrogen-bond acceptors (Lipinski definition) is 4. The number of ether oxygens (including phenoxy) is 2.